The van der Waals surface area contributed by atoms with E-state index in [-0.39, 0.29) is 6.61 Å². The van der Waals surface area contributed by atoms with Crippen molar-refractivity contribution in [2.24, 2.45) is 0 Å². The third kappa shape index (κ3) is 17.9. The predicted molar refractivity (Wildman–Crippen MR) is 87.7 cm³/mol. The van der Waals surface area contributed by atoms with E-state index in [0.29, 0.717) is 6.61 Å². The summed E-state index contributed by atoms with van der Waals surface area (Å²) in [5, 5.41) is 17.3. The van der Waals surface area contributed by atoms with E-state index >= 15 is 0 Å². The average Bonchev–Trinajstić information content (AvgIpc) is 2.47. The van der Waals surface area contributed by atoms with Crippen molar-refractivity contribution < 1.29 is 10.2 Å². The van der Waals surface area contributed by atoms with Gasteiger partial charge in [0.25, 0.3) is 0 Å². The predicted octanol–water partition coefficient (Wildman–Crippen LogP) is 5.03. The molecule has 0 aromatic carbocycles. The molecule has 0 amide bonds. The first-order valence-corrected chi connectivity index (χ1v) is 8.95. The number of rotatable bonds is 17. The number of aliphatic hydroxyl groups excluding tert-OH is 2. The molecule has 0 rings (SSSR count). The molecule has 0 aromatic heterocycles. The van der Waals surface area contributed by atoms with E-state index in [2.05, 4.69) is 0 Å². The lowest BCUT2D eigenvalue weighted by Crippen LogP contribution is -1.86. The lowest BCUT2D eigenvalue weighted by Gasteiger charge is -2.03. The molecule has 2 heteroatoms. The van der Waals surface area contributed by atoms with Crippen molar-refractivity contribution in [3.8, 4) is 0 Å². The Morgan fingerprint density at radius 2 is 0.800 bits per heavy atom. The van der Waals surface area contributed by atoms with E-state index in [1.165, 1.54) is 83.5 Å². The highest BCUT2D eigenvalue weighted by Gasteiger charge is 1.94. The molecule has 0 spiro atoms. The smallest absolute Gasteiger partial charge is 0.0462 e. The Balaban J connectivity index is 2.89. The van der Waals surface area contributed by atoms with Gasteiger partial charge in [0.1, 0.15) is 0 Å². The molecule has 1 radical (unpaired) electrons. The summed E-state index contributed by atoms with van der Waals surface area (Å²) in [6, 6.07) is 0. The van der Waals surface area contributed by atoms with Gasteiger partial charge in [-0.15, -0.1) is 0 Å². The molecule has 2 N–H and O–H groups in total. The van der Waals surface area contributed by atoms with Crippen LogP contribution < -0.4 is 0 Å². The van der Waals surface area contributed by atoms with Gasteiger partial charge in [0.15, 0.2) is 0 Å². The van der Waals surface area contributed by atoms with Crippen molar-refractivity contribution in [3.63, 3.8) is 0 Å². The zero-order chi connectivity index (χ0) is 14.7. The van der Waals surface area contributed by atoms with Crippen LogP contribution in [0, 0.1) is 6.42 Å². The molecule has 0 aromatic rings. The standard InChI is InChI=1S/C18H37O2/c19-17-15-13-11-9-7-5-3-1-2-4-6-8-10-12-14-16-18-20/h15,19-20H,1-14,16-18H2. The highest BCUT2D eigenvalue weighted by Crippen LogP contribution is 2.13. The monoisotopic (exact) mass is 285 g/mol. The molecule has 0 heterocycles. The quantitative estimate of drug-likeness (QED) is 0.368. The molecule has 0 bridgehead atoms. The minimum Gasteiger partial charge on any atom is -0.396 e. The van der Waals surface area contributed by atoms with Crippen LogP contribution in [0.4, 0.5) is 0 Å². The van der Waals surface area contributed by atoms with E-state index in [1.807, 2.05) is 6.42 Å². The van der Waals surface area contributed by atoms with Crippen LogP contribution in [0.1, 0.15) is 96.3 Å². The normalized spacial score (nSPS) is 11.1. The van der Waals surface area contributed by atoms with E-state index in [0.717, 1.165) is 12.8 Å². The zero-order valence-electron chi connectivity index (χ0n) is 13.5. The largest absolute Gasteiger partial charge is 0.396 e. The Morgan fingerprint density at radius 3 is 1.15 bits per heavy atom. The van der Waals surface area contributed by atoms with Crippen molar-refractivity contribution in [1.29, 1.82) is 0 Å². The van der Waals surface area contributed by atoms with Crippen molar-refractivity contribution in [3.05, 3.63) is 6.42 Å². The zero-order valence-corrected chi connectivity index (χ0v) is 13.5. The molecule has 0 aliphatic heterocycles. The summed E-state index contributed by atoms with van der Waals surface area (Å²) in [5.74, 6) is 0. The molecule has 0 saturated heterocycles. The molecule has 0 unspecified atom stereocenters. The molecular weight excluding hydrogens is 248 g/mol. The Kier molecular flexibility index (Phi) is 18.8. The molecule has 0 fully saturated rings. The van der Waals surface area contributed by atoms with Gasteiger partial charge in [-0.25, -0.2) is 0 Å². The number of aliphatic hydroxyl groups is 2. The summed E-state index contributed by atoms with van der Waals surface area (Å²) >= 11 is 0. The molecular formula is C18H37O2. The second-order valence-electron chi connectivity index (χ2n) is 5.93. The highest BCUT2D eigenvalue weighted by molar-refractivity contribution is 4.61. The van der Waals surface area contributed by atoms with Crippen molar-refractivity contribution in [2.75, 3.05) is 13.2 Å². The first kappa shape index (κ1) is 19.9. The summed E-state index contributed by atoms with van der Waals surface area (Å²) in [4.78, 5) is 0. The Morgan fingerprint density at radius 1 is 0.450 bits per heavy atom. The molecule has 0 aliphatic carbocycles. The van der Waals surface area contributed by atoms with Crippen LogP contribution in [-0.4, -0.2) is 23.4 Å². The summed E-state index contributed by atoms with van der Waals surface area (Å²) in [6.45, 7) is 0.598. The fraction of sp³-hybridized carbons (Fsp3) is 0.944. The van der Waals surface area contributed by atoms with Gasteiger partial charge in [0.2, 0.25) is 0 Å². The maximum atomic E-state index is 8.67. The van der Waals surface area contributed by atoms with Crippen LogP contribution in [0.15, 0.2) is 0 Å². The second-order valence-corrected chi connectivity index (χ2v) is 5.93. The van der Waals surface area contributed by atoms with Crippen molar-refractivity contribution in [1.82, 2.24) is 0 Å². The van der Waals surface area contributed by atoms with Crippen LogP contribution in [0.25, 0.3) is 0 Å². The van der Waals surface area contributed by atoms with E-state index < -0.39 is 0 Å². The van der Waals surface area contributed by atoms with Crippen LogP contribution in [0.5, 0.6) is 0 Å². The molecule has 20 heavy (non-hydrogen) atoms. The fourth-order valence-electron chi connectivity index (χ4n) is 2.61. The Labute approximate surface area is 127 Å². The minimum atomic E-state index is 0.238. The van der Waals surface area contributed by atoms with Crippen LogP contribution in [-0.2, 0) is 0 Å². The topological polar surface area (TPSA) is 40.5 Å². The summed E-state index contributed by atoms with van der Waals surface area (Å²) in [7, 11) is 0. The molecule has 0 atom stereocenters. The van der Waals surface area contributed by atoms with Gasteiger partial charge >= 0.3 is 0 Å². The Hall–Kier alpha value is -0.0800. The van der Waals surface area contributed by atoms with Gasteiger partial charge in [-0.3, -0.25) is 0 Å². The van der Waals surface area contributed by atoms with E-state index in [1.54, 1.807) is 0 Å². The molecule has 2 nitrogen and oxygen atoms in total. The van der Waals surface area contributed by atoms with Crippen molar-refractivity contribution in [2.45, 2.75) is 96.3 Å². The second kappa shape index (κ2) is 18.9. The van der Waals surface area contributed by atoms with E-state index in [4.69, 9.17) is 10.2 Å². The highest BCUT2D eigenvalue weighted by atomic mass is 16.3. The van der Waals surface area contributed by atoms with Gasteiger partial charge in [-0.2, -0.15) is 0 Å². The van der Waals surface area contributed by atoms with Gasteiger partial charge in [0, 0.05) is 13.2 Å². The fourth-order valence-corrected chi connectivity index (χ4v) is 2.61. The van der Waals surface area contributed by atoms with Crippen LogP contribution in [0.3, 0.4) is 0 Å². The van der Waals surface area contributed by atoms with Crippen LogP contribution in [0.2, 0.25) is 0 Å². The third-order valence-electron chi connectivity index (χ3n) is 3.95. The first-order chi connectivity index (χ1) is 9.91. The van der Waals surface area contributed by atoms with E-state index in [9.17, 15) is 0 Å². The summed E-state index contributed by atoms with van der Waals surface area (Å²) in [6.07, 6.45) is 21.6. The maximum absolute atomic E-state index is 8.67. The summed E-state index contributed by atoms with van der Waals surface area (Å²) < 4.78 is 0. The number of hydrogen-bond acceptors (Lipinski definition) is 2. The minimum absolute atomic E-state index is 0.238. The average molecular weight is 285 g/mol. The lowest BCUT2D eigenvalue weighted by atomic mass is 10.0. The molecule has 121 valence electrons. The number of hydrogen-bond donors (Lipinski definition) is 2. The summed E-state index contributed by atoms with van der Waals surface area (Å²) in [5.41, 5.74) is 0. The number of unbranched alkanes of at least 4 members (excludes halogenated alkanes) is 15. The SMILES string of the molecule is OC[CH]CCCCCCCCCCCCCCCCO. The van der Waals surface area contributed by atoms with Gasteiger partial charge in [-0.1, -0.05) is 83.5 Å². The molecule has 0 aliphatic rings. The molecule has 0 saturated carbocycles. The first-order valence-electron chi connectivity index (χ1n) is 8.95. The van der Waals surface area contributed by atoms with Crippen LogP contribution >= 0.6 is 0 Å². The maximum Gasteiger partial charge on any atom is 0.0462 e. The van der Waals surface area contributed by atoms with Gasteiger partial charge in [-0.05, 0) is 19.3 Å². The van der Waals surface area contributed by atoms with Gasteiger partial charge < -0.3 is 10.2 Å². The third-order valence-corrected chi connectivity index (χ3v) is 3.95. The van der Waals surface area contributed by atoms with Crippen molar-refractivity contribution >= 4 is 0 Å². The lowest BCUT2D eigenvalue weighted by molar-refractivity contribution is 0.282. The Bertz CT molecular complexity index is 141. The van der Waals surface area contributed by atoms with Gasteiger partial charge in [0.05, 0.1) is 0 Å².